The van der Waals surface area contributed by atoms with Crippen molar-refractivity contribution >= 4 is 17.4 Å². The maximum Gasteiger partial charge on any atom is 0.300 e. The minimum Gasteiger partial charge on any atom is -0.373 e. The van der Waals surface area contributed by atoms with Crippen molar-refractivity contribution in [2.45, 2.75) is 6.54 Å². The molecule has 0 aliphatic carbocycles. The first kappa shape index (κ1) is 14.4. The molecule has 0 atom stereocenters. The summed E-state index contributed by atoms with van der Waals surface area (Å²) >= 11 is 0. The topological polar surface area (TPSA) is 130 Å². The number of amides is 1. The summed E-state index contributed by atoms with van der Waals surface area (Å²) in [5.41, 5.74) is -0.384. The lowest BCUT2D eigenvalue weighted by molar-refractivity contribution is -0.385. The van der Waals surface area contributed by atoms with Gasteiger partial charge >= 0.3 is 0 Å². The summed E-state index contributed by atoms with van der Waals surface area (Å²) in [6.07, 6.45) is 2.38. The molecule has 10 heteroatoms. The number of aromatic amines is 1. The number of aromatic nitrogens is 4. The molecular formula is C11H13N7O3. The quantitative estimate of drug-likeness (QED) is 0.603. The van der Waals surface area contributed by atoms with Crippen LogP contribution in [0.5, 0.6) is 0 Å². The summed E-state index contributed by atoms with van der Waals surface area (Å²) in [6, 6.07) is 1.34. The lowest BCUT2D eigenvalue weighted by Crippen LogP contribution is -2.27. The molecular weight excluding hydrogens is 278 g/mol. The van der Waals surface area contributed by atoms with Crippen LogP contribution in [0.15, 0.2) is 18.6 Å². The van der Waals surface area contributed by atoms with E-state index in [0.717, 1.165) is 6.20 Å². The standard InChI is InChI=1S/C11H13N7O3/c1-12-9-3-7(8(4-13-9)18(20)21)11(19)17(2)5-10-14-6-15-16-10/h3-4,6H,5H2,1-2H3,(H,12,13)(H,14,15,16). The summed E-state index contributed by atoms with van der Waals surface area (Å²) in [7, 11) is 3.13. The summed E-state index contributed by atoms with van der Waals surface area (Å²) in [4.78, 5) is 31.8. The zero-order valence-corrected chi connectivity index (χ0v) is 11.4. The molecule has 0 unspecified atom stereocenters. The van der Waals surface area contributed by atoms with Gasteiger partial charge in [0.1, 0.15) is 29.7 Å². The SMILES string of the molecule is CNc1cc(C(=O)N(C)Cc2ncn[nH]2)c([N+](=O)[O-])cn1. The molecule has 2 aromatic rings. The third-order valence-corrected chi connectivity index (χ3v) is 2.76. The van der Waals surface area contributed by atoms with E-state index in [4.69, 9.17) is 0 Å². The van der Waals surface area contributed by atoms with Crippen molar-refractivity contribution < 1.29 is 9.72 Å². The number of H-pyrrole nitrogens is 1. The van der Waals surface area contributed by atoms with E-state index in [1.165, 1.54) is 24.3 Å². The number of hydrogen-bond donors (Lipinski definition) is 2. The van der Waals surface area contributed by atoms with Crippen molar-refractivity contribution in [3.8, 4) is 0 Å². The van der Waals surface area contributed by atoms with Crippen LogP contribution in [0.2, 0.25) is 0 Å². The number of nitrogens with zero attached hydrogens (tertiary/aromatic N) is 5. The number of pyridine rings is 1. The molecule has 0 saturated carbocycles. The van der Waals surface area contributed by atoms with Crippen molar-refractivity contribution in [2.75, 3.05) is 19.4 Å². The first-order valence-electron chi connectivity index (χ1n) is 5.94. The van der Waals surface area contributed by atoms with Gasteiger partial charge in [0.25, 0.3) is 11.6 Å². The molecule has 21 heavy (non-hydrogen) atoms. The second kappa shape index (κ2) is 5.94. The molecule has 0 saturated heterocycles. The van der Waals surface area contributed by atoms with E-state index >= 15 is 0 Å². The first-order chi connectivity index (χ1) is 10.0. The molecule has 110 valence electrons. The Hall–Kier alpha value is -3.04. The van der Waals surface area contributed by atoms with Crippen LogP contribution in [0.1, 0.15) is 16.2 Å². The Labute approximate surface area is 119 Å². The zero-order chi connectivity index (χ0) is 15.4. The fourth-order valence-electron chi connectivity index (χ4n) is 1.71. The largest absolute Gasteiger partial charge is 0.373 e. The lowest BCUT2D eigenvalue weighted by Gasteiger charge is -2.15. The molecule has 0 bridgehead atoms. The van der Waals surface area contributed by atoms with Crippen LogP contribution in [0, 0.1) is 10.1 Å². The van der Waals surface area contributed by atoms with E-state index in [-0.39, 0.29) is 17.8 Å². The second-order valence-corrected chi connectivity index (χ2v) is 4.19. The van der Waals surface area contributed by atoms with Crippen LogP contribution in [0.3, 0.4) is 0 Å². The van der Waals surface area contributed by atoms with Crippen molar-refractivity contribution in [2.24, 2.45) is 0 Å². The van der Waals surface area contributed by atoms with E-state index in [9.17, 15) is 14.9 Å². The Morgan fingerprint density at radius 1 is 1.52 bits per heavy atom. The normalized spacial score (nSPS) is 10.2. The van der Waals surface area contributed by atoms with Crippen molar-refractivity contribution in [1.82, 2.24) is 25.1 Å². The highest BCUT2D eigenvalue weighted by atomic mass is 16.6. The molecule has 1 amide bonds. The van der Waals surface area contributed by atoms with Gasteiger partial charge in [0.15, 0.2) is 0 Å². The molecule has 0 radical (unpaired) electrons. The number of carbonyl (C=O) groups is 1. The van der Waals surface area contributed by atoms with Gasteiger partial charge in [-0.05, 0) is 0 Å². The highest BCUT2D eigenvalue weighted by molar-refractivity contribution is 5.98. The van der Waals surface area contributed by atoms with Gasteiger partial charge in [-0.1, -0.05) is 0 Å². The molecule has 2 aromatic heterocycles. The predicted octanol–water partition coefficient (Wildman–Crippen LogP) is 0.422. The summed E-state index contributed by atoms with van der Waals surface area (Å²) < 4.78 is 0. The lowest BCUT2D eigenvalue weighted by atomic mass is 10.2. The average molecular weight is 291 g/mol. The maximum atomic E-state index is 12.4. The van der Waals surface area contributed by atoms with Gasteiger partial charge in [-0.3, -0.25) is 20.0 Å². The van der Waals surface area contributed by atoms with Crippen LogP contribution >= 0.6 is 0 Å². The average Bonchev–Trinajstić information content (AvgIpc) is 2.98. The van der Waals surface area contributed by atoms with Gasteiger partial charge < -0.3 is 10.2 Å². The number of carbonyl (C=O) groups excluding carboxylic acids is 1. The minimum absolute atomic E-state index is 0.0404. The Morgan fingerprint density at radius 2 is 2.29 bits per heavy atom. The number of hydrogen-bond acceptors (Lipinski definition) is 7. The Bertz CT molecular complexity index is 656. The van der Waals surface area contributed by atoms with Crippen LogP contribution in [-0.4, -0.2) is 50.0 Å². The highest BCUT2D eigenvalue weighted by Gasteiger charge is 2.24. The van der Waals surface area contributed by atoms with Crippen LogP contribution in [0.4, 0.5) is 11.5 Å². The Morgan fingerprint density at radius 3 is 2.86 bits per heavy atom. The Balaban J connectivity index is 2.30. The zero-order valence-electron chi connectivity index (χ0n) is 11.4. The van der Waals surface area contributed by atoms with Gasteiger partial charge in [0.2, 0.25) is 0 Å². The van der Waals surface area contributed by atoms with Crippen molar-refractivity contribution in [1.29, 1.82) is 0 Å². The molecule has 2 rings (SSSR count). The van der Waals surface area contributed by atoms with Gasteiger partial charge in [-0.15, -0.1) is 0 Å². The van der Waals surface area contributed by atoms with Crippen LogP contribution in [-0.2, 0) is 6.54 Å². The fraction of sp³-hybridized carbons (Fsp3) is 0.273. The minimum atomic E-state index is -0.637. The molecule has 0 aromatic carbocycles. The van der Waals surface area contributed by atoms with Crippen LogP contribution < -0.4 is 5.32 Å². The fourth-order valence-corrected chi connectivity index (χ4v) is 1.71. The molecule has 0 aliphatic rings. The van der Waals surface area contributed by atoms with Gasteiger partial charge in [0, 0.05) is 20.2 Å². The third kappa shape index (κ3) is 3.11. The van der Waals surface area contributed by atoms with E-state index < -0.39 is 10.8 Å². The number of nitro groups is 1. The van der Waals surface area contributed by atoms with Crippen LogP contribution in [0.25, 0.3) is 0 Å². The maximum absolute atomic E-state index is 12.4. The molecule has 0 aliphatic heterocycles. The number of anilines is 1. The highest BCUT2D eigenvalue weighted by Crippen LogP contribution is 2.21. The molecule has 10 nitrogen and oxygen atoms in total. The smallest absolute Gasteiger partial charge is 0.300 e. The molecule has 0 fully saturated rings. The van der Waals surface area contributed by atoms with Gasteiger partial charge in [-0.25, -0.2) is 9.97 Å². The van der Waals surface area contributed by atoms with E-state index in [1.807, 2.05) is 0 Å². The molecule has 2 heterocycles. The van der Waals surface area contributed by atoms with Crippen molar-refractivity contribution in [3.05, 3.63) is 40.1 Å². The van der Waals surface area contributed by atoms with E-state index in [1.54, 1.807) is 7.05 Å². The van der Waals surface area contributed by atoms with Gasteiger partial charge in [-0.2, -0.15) is 5.10 Å². The van der Waals surface area contributed by atoms with Crippen molar-refractivity contribution in [3.63, 3.8) is 0 Å². The molecule has 2 N–H and O–H groups in total. The van der Waals surface area contributed by atoms with E-state index in [0.29, 0.717) is 11.6 Å². The predicted molar refractivity (Wildman–Crippen MR) is 72.6 cm³/mol. The second-order valence-electron chi connectivity index (χ2n) is 4.19. The third-order valence-electron chi connectivity index (χ3n) is 2.76. The number of nitrogens with one attached hydrogen (secondary N) is 2. The van der Waals surface area contributed by atoms with E-state index in [2.05, 4.69) is 25.5 Å². The Kier molecular flexibility index (Phi) is 4.07. The summed E-state index contributed by atoms with van der Waals surface area (Å²) in [6.45, 7) is 0.160. The first-order valence-corrected chi connectivity index (χ1v) is 5.94. The van der Waals surface area contributed by atoms with Gasteiger partial charge in [0.05, 0.1) is 11.5 Å². The summed E-state index contributed by atoms with van der Waals surface area (Å²) in [5, 5.41) is 20.1. The molecule has 0 spiro atoms. The summed E-state index contributed by atoms with van der Waals surface area (Å²) in [5.74, 6) is 0.352. The monoisotopic (exact) mass is 291 g/mol. The number of rotatable bonds is 5.